The molecule has 0 atom stereocenters. The quantitative estimate of drug-likeness (QED) is 0.571. The summed E-state index contributed by atoms with van der Waals surface area (Å²) in [6.07, 6.45) is 1.28. The number of carbonyl (C=O) groups is 1. The largest absolute Gasteiger partial charge is 0.444 e. The van der Waals surface area contributed by atoms with Gasteiger partial charge in [-0.2, -0.15) is 0 Å². The Balaban J connectivity index is 1.78. The number of aromatic nitrogens is 1. The molecule has 158 valence electrons. The van der Waals surface area contributed by atoms with Crippen molar-refractivity contribution in [3.63, 3.8) is 0 Å². The highest BCUT2D eigenvalue weighted by atomic mass is 16.6. The Morgan fingerprint density at radius 2 is 1.93 bits per heavy atom. The number of hydrogen-bond acceptors (Lipinski definition) is 5. The topological polar surface area (TPSA) is 92.0 Å². The van der Waals surface area contributed by atoms with Gasteiger partial charge in [0.1, 0.15) is 11.9 Å². The lowest BCUT2D eigenvalue weighted by molar-refractivity contribution is 0.0302. The maximum Gasteiger partial charge on any atom is 0.410 e. The van der Waals surface area contributed by atoms with Crippen LogP contribution in [0.5, 0.6) is 0 Å². The van der Waals surface area contributed by atoms with Crippen LogP contribution in [-0.4, -0.2) is 54.7 Å². The van der Waals surface area contributed by atoms with Gasteiger partial charge in [0.2, 0.25) is 5.89 Å². The van der Waals surface area contributed by atoms with Crippen LogP contribution < -0.4 is 10.6 Å². The first-order valence-corrected chi connectivity index (χ1v) is 9.58. The molecule has 1 aromatic heterocycles. The monoisotopic (exact) mass is 401 g/mol. The summed E-state index contributed by atoms with van der Waals surface area (Å²) in [6, 6.07) is 8.02. The van der Waals surface area contributed by atoms with Crippen molar-refractivity contribution < 1.29 is 13.9 Å². The molecule has 0 saturated carbocycles. The van der Waals surface area contributed by atoms with Crippen LogP contribution in [0.2, 0.25) is 0 Å². The minimum atomic E-state index is -0.509. The number of ether oxygens (including phenoxy) is 1. The number of amides is 1. The number of benzene rings is 1. The molecule has 29 heavy (non-hydrogen) atoms. The van der Waals surface area contributed by atoms with E-state index in [0.29, 0.717) is 31.5 Å². The van der Waals surface area contributed by atoms with Gasteiger partial charge in [0.25, 0.3) is 0 Å². The van der Waals surface area contributed by atoms with Gasteiger partial charge >= 0.3 is 6.09 Å². The van der Waals surface area contributed by atoms with E-state index in [9.17, 15) is 4.79 Å². The zero-order valence-corrected chi connectivity index (χ0v) is 18.1. The fourth-order valence-corrected chi connectivity index (χ4v) is 2.38. The third-order valence-corrected chi connectivity index (χ3v) is 3.96. The molecule has 2 rings (SSSR count). The second kappa shape index (κ2) is 9.95. The van der Waals surface area contributed by atoms with E-state index in [1.807, 2.05) is 52.0 Å². The minimum Gasteiger partial charge on any atom is -0.444 e. The van der Waals surface area contributed by atoms with Crippen molar-refractivity contribution in [1.29, 1.82) is 0 Å². The number of carbonyl (C=O) groups excluding carboxylic acids is 1. The summed E-state index contributed by atoms with van der Waals surface area (Å²) in [6.45, 7) is 9.06. The second-order valence-corrected chi connectivity index (χ2v) is 7.76. The Morgan fingerprint density at radius 1 is 1.24 bits per heavy atom. The third kappa shape index (κ3) is 7.48. The molecule has 8 heteroatoms. The maximum atomic E-state index is 12.0. The number of nitrogens with one attached hydrogen (secondary N) is 2. The van der Waals surface area contributed by atoms with Gasteiger partial charge in [-0.05, 0) is 39.8 Å². The van der Waals surface area contributed by atoms with Crippen LogP contribution in [0.4, 0.5) is 4.79 Å². The number of aryl methyl sites for hydroxylation is 1. The molecule has 1 aromatic carbocycles. The van der Waals surface area contributed by atoms with Crippen LogP contribution >= 0.6 is 0 Å². The average Bonchev–Trinajstić information content (AvgIpc) is 3.12. The summed E-state index contributed by atoms with van der Waals surface area (Å²) >= 11 is 0. The molecule has 1 amide bonds. The number of aliphatic imine (C=N–C) groups is 1. The Hall–Kier alpha value is -3.03. The van der Waals surface area contributed by atoms with Crippen molar-refractivity contribution >= 4 is 12.1 Å². The Labute approximate surface area is 172 Å². The van der Waals surface area contributed by atoms with Gasteiger partial charge in [-0.3, -0.25) is 4.99 Å². The smallest absolute Gasteiger partial charge is 0.410 e. The van der Waals surface area contributed by atoms with Gasteiger partial charge in [-0.15, -0.1) is 0 Å². The van der Waals surface area contributed by atoms with Gasteiger partial charge in [0.15, 0.2) is 5.96 Å². The van der Waals surface area contributed by atoms with Gasteiger partial charge in [0, 0.05) is 32.7 Å². The van der Waals surface area contributed by atoms with Crippen LogP contribution in [0.15, 0.2) is 39.9 Å². The standard InChI is InChI=1S/C21H31N5O3/c1-15-7-9-16(10-8-15)18-25-17(14-28-18)13-24-19(22-5)23-11-12-26(6)20(27)29-21(2,3)4/h7-10,14H,11-13H2,1-6H3,(H2,22,23,24). The lowest BCUT2D eigenvalue weighted by atomic mass is 10.1. The molecule has 2 N–H and O–H groups in total. The van der Waals surface area contributed by atoms with E-state index in [1.54, 1.807) is 20.4 Å². The number of nitrogens with zero attached hydrogens (tertiary/aromatic N) is 3. The van der Waals surface area contributed by atoms with Crippen molar-refractivity contribution in [2.45, 2.75) is 39.8 Å². The number of rotatable bonds is 6. The molecule has 0 bridgehead atoms. The van der Waals surface area contributed by atoms with E-state index in [4.69, 9.17) is 9.15 Å². The lowest BCUT2D eigenvalue weighted by Crippen LogP contribution is -2.42. The molecular weight excluding hydrogens is 370 g/mol. The Kier molecular flexibility index (Phi) is 7.64. The molecule has 2 aromatic rings. The highest BCUT2D eigenvalue weighted by Crippen LogP contribution is 2.19. The number of guanidine groups is 1. The summed E-state index contributed by atoms with van der Waals surface area (Å²) in [4.78, 5) is 22.2. The second-order valence-electron chi connectivity index (χ2n) is 7.76. The summed E-state index contributed by atoms with van der Waals surface area (Å²) < 4.78 is 10.9. The van der Waals surface area contributed by atoms with E-state index in [-0.39, 0.29) is 6.09 Å². The molecule has 1 heterocycles. The van der Waals surface area contributed by atoms with E-state index in [1.165, 1.54) is 10.5 Å². The molecule has 0 spiro atoms. The molecule has 0 unspecified atom stereocenters. The van der Waals surface area contributed by atoms with Crippen LogP contribution in [0.3, 0.4) is 0 Å². The van der Waals surface area contributed by atoms with Crippen LogP contribution in [0.1, 0.15) is 32.0 Å². The number of oxazole rings is 1. The molecule has 0 aliphatic rings. The molecule has 0 radical (unpaired) electrons. The average molecular weight is 402 g/mol. The minimum absolute atomic E-state index is 0.353. The molecular formula is C21H31N5O3. The fourth-order valence-electron chi connectivity index (χ4n) is 2.38. The van der Waals surface area contributed by atoms with Gasteiger partial charge in [0.05, 0.1) is 12.2 Å². The van der Waals surface area contributed by atoms with E-state index in [0.717, 1.165) is 11.3 Å². The molecule has 8 nitrogen and oxygen atoms in total. The fraction of sp³-hybridized carbons (Fsp3) is 0.476. The molecule has 0 aliphatic carbocycles. The molecule has 0 aliphatic heterocycles. The summed E-state index contributed by atoms with van der Waals surface area (Å²) in [5.74, 6) is 1.20. The van der Waals surface area contributed by atoms with E-state index >= 15 is 0 Å². The number of hydrogen-bond donors (Lipinski definition) is 2. The van der Waals surface area contributed by atoms with Crippen LogP contribution in [0, 0.1) is 6.92 Å². The van der Waals surface area contributed by atoms with Gasteiger partial charge < -0.3 is 24.7 Å². The van der Waals surface area contributed by atoms with Crippen molar-refractivity contribution in [2.75, 3.05) is 27.2 Å². The van der Waals surface area contributed by atoms with Crippen LogP contribution in [0.25, 0.3) is 11.5 Å². The number of likely N-dealkylation sites (N-methyl/N-ethyl adjacent to an activating group) is 1. The normalized spacial score (nSPS) is 11.9. The first-order chi connectivity index (χ1) is 13.7. The predicted molar refractivity (Wildman–Crippen MR) is 114 cm³/mol. The maximum absolute atomic E-state index is 12.0. The zero-order chi connectivity index (χ0) is 21.4. The SMILES string of the molecule is CN=C(NCCN(C)C(=O)OC(C)(C)C)NCc1coc(-c2ccc(C)cc2)n1. The molecule has 0 fully saturated rings. The summed E-state index contributed by atoms with van der Waals surface area (Å²) in [5, 5.41) is 6.35. The summed E-state index contributed by atoms with van der Waals surface area (Å²) in [7, 11) is 3.39. The predicted octanol–water partition coefficient (Wildman–Crippen LogP) is 3.18. The third-order valence-electron chi connectivity index (χ3n) is 3.96. The first-order valence-electron chi connectivity index (χ1n) is 9.58. The zero-order valence-electron chi connectivity index (χ0n) is 18.1. The van der Waals surface area contributed by atoms with E-state index in [2.05, 4.69) is 20.6 Å². The first kappa shape index (κ1) is 22.3. The highest BCUT2D eigenvalue weighted by molar-refractivity contribution is 5.79. The van der Waals surface area contributed by atoms with Gasteiger partial charge in [-0.25, -0.2) is 9.78 Å². The van der Waals surface area contributed by atoms with Crippen molar-refractivity contribution in [3.8, 4) is 11.5 Å². The van der Waals surface area contributed by atoms with E-state index < -0.39 is 5.60 Å². The summed E-state index contributed by atoms with van der Waals surface area (Å²) in [5.41, 5.74) is 2.39. The van der Waals surface area contributed by atoms with Crippen molar-refractivity contribution in [1.82, 2.24) is 20.5 Å². The van der Waals surface area contributed by atoms with Gasteiger partial charge in [-0.1, -0.05) is 17.7 Å². The van der Waals surface area contributed by atoms with Crippen molar-refractivity contribution in [2.24, 2.45) is 4.99 Å². The lowest BCUT2D eigenvalue weighted by Gasteiger charge is -2.24. The Bertz CT molecular complexity index is 822. The molecule has 0 saturated heterocycles. The Morgan fingerprint density at radius 3 is 2.55 bits per heavy atom. The van der Waals surface area contributed by atoms with Crippen LogP contribution in [-0.2, 0) is 11.3 Å². The highest BCUT2D eigenvalue weighted by Gasteiger charge is 2.19. The van der Waals surface area contributed by atoms with Crippen molar-refractivity contribution in [3.05, 3.63) is 41.8 Å².